The molecule has 8 heteroatoms. The number of amidine groups is 1. The van der Waals surface area contributed by atoms with Gasteiger partial charge in [0.05, 0.1) is 18.3 Å². The van der Waals surface area contributed by atoms with Gasteiger partial charge in [-0.15, -0.1) is 5.10 Å². The van der Waals surface area contributed by atoms with Crippen molar-refractivity contribution in [2.75, 3.05) is 0 Å². The average molecular weight is 334 g/mol. The van der Waals surface area contributed by atoms with Crippen LogP contribution in [0.2, 0.25) is 0 Å². The van der Waals surface area contributed by atoms with E-state index < -0.39 is 11.2 Å². The third-order valence-corrected chi connectivity index (χ3v) is 4.20. The molecule has 2 rings (SSSR count). The molecule has 122 valence electrons. The predicted octanol–water partition coefficient (Wildman–Crippen LogP) is 1.78. The molecule has 2 heterocycles. The van der Waals surface area contributed by atoms with Crippen LogP contribution < -0.4 is 5.32 Å². The number of nitrogens with zero attached hydrogens (tertiary/aromatic N) is 3. The summed E-state index contributed by atoms with van der Waals surface area (Å²) in [5.41, 5.74) is 1.81. The number of hydrogen-bond acceptors (Lipinski definition) is 6. The molecule has 7 nitrogen and oxygen atoms in total. The molecule has 1 aromatic rings. The summed E-state index contributed by atoms with van der Waals surface area (Å²) in [5.74, 6) is -1.38. The third-order valence-electron chi connectivity index (χ3n) is 3.13. The standard InChI is InChI=1S/C15H18N4O3S/c1-15(2,3)9-4-5-10(16-7-9)8-17-19-14-18-13(22)11(23-14)6-12(20)21/h4-5,7-8,11H,6H2,1-3H3,(H,20,21)(H,18,19,22)/b17-8+. The topological polar surface area (TPSA) is 104 Å². The lowest BCUT2D eigenvalue weighted by Crippen LogP contribution is -2.26. The molecule has 0 bridgehead atoms. The molecule has 1 atom stereocenters. The first-order valence-corrected chi connectivity index (χ1v) is 7.90. The number of hydrogen-bond donors (Lipinski definition) is 2. The number of amides is 1. The Kier molecular flexibility index (Phi) is 5.15. The van der Waals surface area contributed by atoms with E-state index in [0.29, 0.717) is 10.9 Å². The smallest absolute Gasteiger partial charge is 0.305 e. The van der Waals surface area contributed by atoms with Gasteiger partial charge in [0.25, 0.3) is 0 Å². The van der Waals surface area contributed by atoms with E-state index in [-0.39, 0.29) is 17.7 Å². The summed E-state index contributed by atoms with van der Waals surface area (Å²) in [6.07, 6.45) is 3.04. The molecular weight excluding hydrogens is 316 g/mol. The van der Waals surface area contributed by atoms with Crippen molar-refractivity contribution in [3.63, 3.8) is 0 Å². The van der Waals surface area contributed by atoms with Crippen molar-refractivity contribution in [1.82, 2.24) is 10.3 Å². The Bertz CT molecular complexity index is 662. The molecule has 0 spiro atoms. The van der Waals surface area contributed by atoms with Crippen molar-refractivity contribution in [2.45, 2.75) is 37.9 Å². The van der Waals surface area contributed by atoms with Gasteiger partial charge < -0.3 is 10.4 Å². The normalized spacial score (nSPS) is 20.2. The van der Waals surface area contributed by atoms with Gasteiger partial charge in [-0.2, -0.15) is 5.10 Å². The number of carbonyl (C=O) groups is 2. The number of aromatic nitrogens is 1. The molecule has 1 saturated heterocycles. The molecule has 2 N–H and O–H groups in total. The molecule has 23 heavy (non-hydrogen) atoms. The lowest BCUT2D eigenvalue weighted by molar-refractivity contribution is -0.138. The Morgan fingerprint density at radius 1 is 1.48 bits per heavy atom. The van der Waals surface area contributed by atoms with Crippen LogP contribution >= 0.6 is 11.8 Å². The quantitative estimate of drug-likeness (QED) is 0.645. The average Bonchev–Trinajstić information content (AvgIpc) is 2.78. The fraction of sp³-hybridized carbons (Fsp3) is 0.400. The third kappa shape index (κ3) is 4.88. The zero-order chi connectivity index (χ0) is 17.0. The van der Waals surface area contributed by atoms with Gasteiger partial charge in [-0.3, -0.25) is 14.6 Å². The molecule has 0 aromatic carbocycles. The summed E-state index contributed by atoms with van der Waals surface area (Å²) in [4.78, 5) is 26.5. The Morgan fingerprint density at radius 3 is 2.78 bits per heavy atom. The van der Waals surface area contributed by atoms with Gasteiger partial charge in [-0.25, -0.2) is 0 Å². The van der Waals surface area contributed by atoms with Crippen LogP contribution in [0.4, 0.5) is 0 Å². The van der Waals surface area contributed by atoms with Crippen LogP contribution in [0.1, 0.15) is 38.4 Å². The van der Waals surface area contributed by atoms with Crippen LogP contribution in [-0.2, 0) is 15.0 Å². The van der Waals surface area contributed by atoms with Gasteiger partial charge in [-0.05, 0) is 17.0 Å². The molecule has 1 unspecified atom stereocenters. The largest absolute Gasteiger partial charge is 0.481 e. The van der Waals surface area contributed by atoms with Crippen molar-refractivity contribution in [3.05, 3.63) is 29.6 Å². The van der Waals surface area contributed by atoms with Crippen LogP contribution in [0, 0.1) is 0 Å². The zero-order valence-corrected chi connectivity index (χ0v) is 13.9. The minimum Gasteiger partial charge on any atom is -0.481 e. The first-order chi connectivity index (χ1) is 10.8. The van der Waals surface area contributed by atoms with E-state index in [2.05, 4.69) is 41.3 Å². The summed E-state index contributed by atoms with van der Waals surface area (Å²) in [7, 11) is 0. The Labute approximate surface area is 138 Å². The minimum atomic E-state index is -1.02. The monoisotopic (exact) mass is 334 g/mol. The number of aliphatic carboxylic acids is 1. The van der Waals surface area contributed by atoms with Gasteiger partial charge in [0.15, 0.2) is 5.17 Å². The molecule has 1 amide bonds. The van der Waals surface area contributed by atoms with Crippen molar-refractivity contribution in [1.29, 1.82) is 0 Å². The fourth-order valence-corrected chi connectivity index (χ4v) is 2.73. The van der Waals surface area contributed by atoms with E-state index in [0.717, 1.165) is 17.3 Å². The highest BCUT2D eigenvalue weighted by Gasteiger charge is 2.32. The van der Waals surface area contributed by atoms with E-state index in [1.54, 1.807) is 6.20 Å². The molecule has 1 fully saturated rings. The van der Waals surface area contributed by atoms with E-state index in [1.165, 1.54) is 6.21 Å². The Hall–Kier alpha value is -2.22. The van der Waals surface area contributed by atoms with Crippen molar-refractivity contribution in [3.8, 4) is 0 Å². The molecule has 1 aliphatic heterocycles. The van der Waals surface area contributed by atoms with Gasteiger partial charge in [-0.1, -0.05) is 38.6 Å². The number of thioether (sulfide) groups is 1. The van der Waals surface area contributed by atoms with E-state index in [1.807, 2.05) is 12.1 Å². The summed E-state index contributed by atoms with van der Waals surface area (Å²) in [6.45, 7) is 6.33. The highest BCUT2D eigenvalue weighted by molar-refractivity contribution is 8.15. The Morgan fingerprint density at radius 2 is 2.22 bits per heavy atom. The summed E-state index contributed by atoms with van der Waals surface area (Å²) in [6, 6.07) is 3.83. The van der Waals surface area contributed by atoms with Crippen LogP contribution in [0.15, 0.2) is 28.5 Å². The van der Waals surface area contributed by atoms with Crippen LogP contribution in [0.25, 0.3) is 0 Å². The number of nitrogens with one attached hydrogen (secondary N) is 1. The molecular formula is C15H18N4O3S. The lowest BCUT2D eigenvalue weighted by Gasteiger charge is -2.17. The Balaban J connectivity index is 1.99. The van der Waals surface area contributed by atoms with Gasteiger partial charge in [0.1, 0.15) is 5.25 Å². The maximum absolute atomic E-state index is 11.5. The number of pyridine rings is 1. The number of carboxylic acid groups (broad SMARTS) is 1. The lowest BCUT2D eigenvalue weighted by atomic mass is 9.88. The number of carbonyl (C=O) groups excluding carboxylic acids is 1. The van der Waals surface area contributed by atoms with Gasteiger partial charge in [0, 0.05) is 6.20 Å². The van der Waals surface area contributed by atoms with Crippen LogP contribution in [0.3, 0.4) is 0 Å². The maximum Gasteiger partial charge on any atom is 0.305 e. The number of rotatable bonds is 4. The first-order valence-electron chi connectivity index (χ1n) is 7.02. The molecule has 1 aliphatic rings. The van der Waals surface area contributed by atoms with Gasteiger partial charge >= 0.3 is 5.97 Å². The molecule has 0 radical (unpaired) electrons. The molecule has 1 aromatic heterocycles. The van der Waals surface area contributed by atoms with Crippen molar-refractivity contribution in [2.24, 2.45) is 10.2 Å². The first kappa shape index (κ1) is 17.1. The van der Waals surface area contributed by atoms with Crippen molar-refractivity contribution >= 4 is 35.0 Å². The van der Waals surface area contributed by atoms with Crippen LogP contribution in [-0.4, -0.2) is 38.6 Å². The van der Waals surface area contributed by atoms with E-state index >= 15 is 0 Å². The van der Waals surface area contributed by atoms with Gasteiger partial charge in [0.2, 0.25) is 5.91 Å². The zero-order valence-electron chi connectivity index (χ0n) is 13.1. The molecule has 0 aliphatic carbocycles. The van der Waals surface area contributed by atoms with Crippen LogP contribution in [0.5, 0.6) is 0 Å². The highest BCUT2D eigenvalue weighted by Crippen LogP contribution is 2.22. The minimum absolute atomic E-state index is 0.0345. The van der Waals surface area contributed by atoms with E-state index in [4.69, 9.17) is 5.11 Å². The highest BCUT2D eigenvalue weighted by atomic mass is 32.2. The SMILES string of the molecule is CC(C)(C)c1ccc(/C=N/N=C2\NC(=O)C(CC(=O)O)S2)nc1. The van der Waals surface area contributed by atoms with Crippen molar-refractivity contribution < 1.29 is 14.7 Å². The number of carboxylic acids is 1. The fourth-order valence-electron chi connectivity index (χ4n) is 1.81. The summed E-state index contributed by atoms with van der Waals surface area (Å²) in [5, 5.41) is 18.6. The predicted molar refractivity (Wildman–Crippen MR) is 89.7 cm³/mol. The molecule has 0 saturated carbocycles. The maximum atomic E-state index is 11.5. The second kappa shape index (κ2) is 6.91. The second-order valence-electron chi connectivity index (χ2n) is 6.07. The summed E-state index contributed by atoms with van der Waals surface area (Å²) >= 11 is 1.06. The van der Waals surface area contributed by atoms with E-state index in [9.17, 15) is 9.59 Å². The second-order valence-corrected chi connectivity index (χ2v) is 7.26. The summed E-state index contributed by atoms with van der Waals surface area (Å²) < 4.78 is 0.